The van der Waals surface area contributed by atoms with Gasteiger partial charge in [0, 0.05) is 17.9 Å². The van der Waals surface area contributed by atoms with Crippen molar-refractivity contribution in [3.05, 3.63) is 11.8 Å². The number of halogens is 1. The maximum Gasteiger partial charge on any atom is 0.162 e. The molecule has 0 saturated carbocycles. The SMILES string of the molecule is CCC(CC)C(=O)C=C(O)C(CC)CC(C)(C)F. The highest BCUT2D eigenvalue weighted by molar-refractivity contribution is 5.92. The van der Waals surface area contributed by atoms with Gasteiger partial charge in [0.25, 0.3) is 0 Å². The lowest BCUT2D eigenvalue weighted by atomic mass is 9.89. The van der Waals surface area contributed by atoms with E-state index < -0.39 is 5.67 Å². The number of aliphatic hydroxyl groups is 1. The van der Waals surface area contributed by atoms with Crippen molar-refractivity contribution < 1.29 is 14.3 Å². The van der Waals surface area contributed by atoms with Crippen LogP contribution in [0.15, 0.2) is 11.8 Å². The molecule has 0 aliphatic carbocycles. The van der Waals surface area contributed by atoms with Crippen LogP contribution in [0.5, 0.6) is 0 Å². The smallest absolute Gasteiger partial charge is 0.162 e. The monoisotopic (exact) mass is 258 g/mol. The highest BCUT2D eigenvalue weighted by Crippen LogP contribution is 2.27. The average molecular weight is 258 g/mol. The zero-order valence-corrected chi connectivity index (χ0v) is 12.3. The average Bonchev–Trinajstić information content (AvgIpc) is 2.26. The Morgan fingerprint density at radius 1 is 1.17 bits per heavy atom. The Morgan fingerprint density at radius 3 is 1.94 bits per heavy atom. The zero-order valence-electron chi connectivity index (χ0n) is 12.3. The van der Waals surface area contributed by atoms with Gasteiger partial charge in [0.15, 0.2) is 5.78 Å². The fourth-order valence-electron chi connectivity index (χ4n) is 2.12. The third kappa shape index (κ3) is 6.18. The van der Waals surface area contributed by atoms with Crippen LogP contribution in [-0.4, -0.2) is 16.6 Å². The molecule has 0 fully saturated rings. The van der Waals surface area contributed by atoms with E-state index in [1.165, 1.54) is 19.9 Å². The fraction of sp³-hybridized carbons (Fsp3) is 0.800. The van der Waals surface area contributed by atoms with E-state index in [1.54, 1.807) is 0 Å². The topological polar surface area (TPSA) is 37.3 Å². The van der Waals surface area contributed by atoms with Crippen LogP contribution in [0, 0.1) is 11.8 Å². The first kappa shape index (κ1) is 17.1. The second-order valence-electron chi connectivity index (χ2n) is 5.51. The second-order valence-corrected chi connectivity index (χ2v) is 5.51. The molecule has 0 saturated heterocycles. The van der Waals surface area contributed by atoms with E-state index in [0.717, 1.165) is 12.8 Å². The minimum atomic E-state index is -1.33. The minimum Gasteiger partial charge on any atom is -0.512 e. The molecule has 1 unspecified atom stereocenters. The van der Waals surface area contributed by atoms with Crippen LogP contribution in [0.25, 0.3) is 0 Å². The van der Waals surface area contributed by atoms with E-state index in [1.807, 2.05) is 20.8 Å². The first-order chi connectivity index (χ1) is 8.25. The Labute approximate surface area is 110 Å². The summed E-state index contributed by atoms with van der Waals surface area (Å²) < 4.78 is 13.6. The maximum atomic E-state index is 13.6. The molecule has 1 N–H and O–H groups in total. The molecule has 0 aromatic carbocycles. The van der Waals surface area contributed by atoms with Gasteiger partial charge >= 0.3 is 0 Å². The molecule has 0 heterocycles. The van der Waals surface area contributed by atoms with E-state index in [2.05, 4.69) is 0 Å². The molecule has 18 heavy (non-hydrogen) atoms. The van der Waals surface area contributed by atoms with Crippen molar-refractivity contribution in [3.8, 4) is 0 Å². The van der Waals surface area contributed by atoms with Crippen LogP contribution < -0.4 is 0 Å². The van der Waals surface area contributed by atoms with Gasteiger partial charge < -0.3 is 5.11 Å². The van der Waals surface area contributed by atoms with E-state index in [0.29, 0.717) is 6.42 Å². The van der Waals surface area contributed by atoms with E-state index in [-0.39, 0.29) is 29.8 Å². The Hall–Kier alpha value is -0.860. The minimum absolute atomic E-state index is 0.0279. The molecule has 0 aliphatic rings. The standard InChI is InChI=1S/C15H27FO2/c1-6-11(7-2)13(17)9-14(18)12(8-3)10-15(4,5)16/h9,11-12,18H,6-8,10H2,1-5H3. The summed E-state index contributed by atoms with van der Waals surface area (Å²) in [6.07, 6.45) is 3.71. The summed E-state index contributed by atoms with van der Waals surface area (Å²) in [4.78, 5) is 11.9. The predicted octanol–water partition coefficient (Wildman–Crippen LogP) is 4.60. The number of hydrogen-bond donors (Lipinski definition) is 1. The number of rotatable bonds is 8. The number of carbonyl (C=O) groups is 1. The Balaban J connectivity index is 4.77. The molecule has 0 aromatic heterocycles. The second kappa shape index (κ2) is 7.55. The number of hydrogen-bond acceptors (Lipinski definition) is 2. The summed E-state index contributed by atoms with van der Waals surface area (Å²) >= 11 is 0. The van der Waals surface area contributed by atoms with Crippen LogP contribution >= 0.6 is 0 Å². The molecule has 106 valence electrons. The van der Waals surface area contributed by atoms with Gasteiger partial charge in [-0.3, -0.25) is 4.79 Å². The molecule has 2 nitrogen and oxygen atoms in total. The molecular formula is C15H27FO2. The first-order valence-electron chi connectivity index (χ1n) is 6.88. The maximum absolute atomic E-state index is 13.6. The van der Waals surface area contributed by atoms with E-state index in [9.17, 15) is 14.3 Å². The molecule has 0 spiro atoms. The number of allylic oxidation sites excluding steroid dienone is 2. The zero-order chi connectivity index (χ0) is 14.3. The van der Waals surface area contributed by atoms with Crippen molar-refractivity contribution in [1.29, 1.82) is 0 Å². The summed E-state index contributed by atoms with van der Waals surface area (Å²) in [7, 11) is 0. The Kier molecular flexibility index (Phi) is 7.19. The van der Waals surface area contributed by atoms with Gasteiger partial charge in [0.1, 0.15) is 5.67 Å². The van der Waals surface area contributed by atoms with Crippen LogP contribution in [0.4, 0.5) is 4.39 Å². The summed E-state index contributed by atoms with van der Waals surface area (Å²) in [5.41, 5.74) is -1.33. The van der Waals surface area contributed by atoms with Crippen LogP contribution in [0.1, 0.15) is 60.3 Å². The lowest BCUT2D eigenvalue weighted by Crippen LogP contribution is -2.20. The van der Waals surface area contributed by atoms with Gasteiger partial charge in [0.05, 0.1) is 5.76 Å². The normalized spacial score (nSPS) is 14.9. The number of aliphatic hydroxyl groups excluding tert-OH is 1. The Bertz CT molecular complexity index is 285. The molecule has 0 amide bonds. The molecule has 3 heteroatoms. The van der Waals surface area contributed by atoms with Crippen molar-refractivity contribution >= 4 is 5.78 Å². The van der Waals surface area contributed by atoms with E-state index >= 15 is 0 Å². The summed E-state index contributed by atoms with van der Waals surface area (Å²) in [5, 5.41) is 9.96. The molecular weight excluding hydrogens is 231 g/mol. The third-order valence-corrected chi connectivity index (χ3v) is 3.32. The van der Waals surface area contributed by atoms with Crippen molar-refractivity contribution in [3.63, 3.8) is 0 Å². The molecule has 0 rings (SSSR count). The Morgan fingerprint density at radius 2 is 1.61 bits per heavy atom. The van der Waals surface area contributed by atoms with Crippen molar-refractivity contribution in [2.24, 2.45) is 11.8 Å². The van der Waals surface area contributed by atoms with Crippen molar-refractivity contribution in [2.75, 3.05) is 0 Å². The molecule has 0 aliphatic heterocycles. The lowest BCUT2D eigenvalue weighted by Gasteiger charge is -2.21. The molecule has 0 radical (unpaired) electrons. The summed E-state index contributed by atoms with van der Waals surface area (Å²) in [5.74, 6) is -0.334. The van der Waals surface area contributed by atoms with Gasteiger partial charge in [0.2, 0.25) is 0 Å². The number of alkyl halides is 1. The predicted molar refractivity (Wildman–Crippen MR) is 73.4 cm³/mol. The van der Waals surface area contributed by atoms with Gasteiger partial charge in [-0.1, -0.05) is 20.8 Å². The molecule has 0 bridgehead atoms. The fourth-order valence-corrected chi connectivity index (χ4v) is 2.12. The molecule has 0 aromatic rings. The van der Waals surface area contributed by atoms with Crippen LogP contribution in [0.2, 0.25) is 0 Å². The van der Waals surface area contributed by atoms with Gasteiger partial charge in [-0.2, -0.15) is 0 Å². The van der Waals surface area contributed by atoms with Gasteiger partial charge in [-0.05, 0) is 39.5 Å². The van der Waals surface area contributed by atoms with Gasteiger partial charge in [-0.15, -0.1) is 0 Å². The number of ketones is 1. The molecule has 1 atom stereocenters. The summed E-state index contributed by atoms with van der Waals surface area (Å²) in [6.45, 7) is 8.79. The first-order valence-corrected chi connectivity index (χ1v) is 6.88. The van der Waals surface area contributed by atoms with Crippen molar-refractivity contribution in [1.82, 2.24) is 0 Å². The largest absolute Gasteiger partial charge is 0.512 e. The third-order valence-electron chi connectivity index (χ3n) is 3.32. The van der Waals surface area contributed by atoms with E-state index in [4.69, 9.17) is 0 Å². The summed E-state index contributed by atoms with van der Waals surface area (Å²) in [6, 6.07) is 0. The van der Waals surface area contributed by atoms with Crippen molar-refractivity contribution in [2.45, 2.75) is 66.0 Å². The van der Waals surface area contributed by atoms with Gasteiger partial charge in [-0.25, -0.2) is 4.39 Å². The lowest BCUT2D eigenvalue weighted by molar-refractivity contribution is -0.118. The van der Waals surface area contributed by atoms with Crippen LogP contribution in [0.3, 0.4) is 0 Å². The highest BCUT2D eigenvalue weighted by atomic mass is 19.1. The van der Waals surface area contributed by atoms with Crippen LogP contribution in [-0.2, 0) is 4.79 Å². The highest BCUT2D eigenvalue weighted by Gasteiger charge is 2.25. The number of carbonyl (C=O) groups excluding carboxylic acids is 1. The quantitative estimate of drug-likeness (QED) is 0.510.